The molecule has 2 aliphatic carbocycles. The molecule has 4 unspecified atom stereocenters. The number of halogens is 1. The Kier molecular flexibility index (Phi) is 5.40. The molecule has 2 saturated carbocycles. The Bertz CT molecular complexity index is 977. The highest BCUT2D eigenvalue weighted by atomic mass is 19.1. The summed E-state index contributed by atoms with van der Waals surface area (Å²) < 4.78 is 20.5. The number of hydrogen-bond donors (Lipinski definition) is 0. The van der Waals surface area contributed by atoms with E-state index in [1.54, 1.807) is 12.1 Å². The zero-order valence-corrected chi connectivity index (χ0v) is 19.0. The molecule has 0 N–H and O–H groups in total. The van der Waals surface area contributed by atoms with E-state index in [2.05, 4.69) is 36.2 Å². The molecule has 1 aliphatic heterocycles. The van der Waals surface area contributed by atoms with E-state index in [9.17, 15) is 4.39 Å². The van der Waals surface area contributed by atoms with Gasteiger partial charge in [-0.25, -0.2) is 9.38 Å². The highest BCUT2D eigenvalue weighted by Gasteiger charge is 2.34. The van der Waals surface area contributed by atoms with Crippen molar-refractivity contribution in [1.82, 2.24) is 0 Å². The van der Waals surface area contributed by atoms with Gasteiger partial charge in [-0.1, -0.05) is 43.7 Å². The summed E-state index contributed by atoms with van der Waals surface area (Å²) >= 11 is 0. The lowest BCUT2D eigenvalue weighted by Crippen LogP contribution is -2.29. The van der Waals surface area contributed by atoms with Crippen molar-refractivity contribution in [3.05, 3.63) is 59.4 Å². The summed E-state index contributed by atoms with van der Waals surface area (Å²) in [5.41, 5.74) is 3.57. The van der Waals surface area contributed by atoms with Gasteiger partial charge < -0.3 is 4.74 Å². The van der Waals surface area contributed by atoms with E-state index in [0.29, 0.717) is 24.0 Å². The second-order valence-electron chi connectivity index (χ2n) is 10.8. The lowest BCUT2D eigenvalue weighted by Gasteiger charge is -2.41. The molecule has 164 valence electrons. The highest BCUT2D eigenvalue weighted by molar-refractivity contribution is 5.96. The van der Waals surface area contributed by atoms with Gasteiger partial charge in [0.2, 0.25) is 5.90 Å². The summed E-state index contributed by atoms with van der Waals surface area (Å²) in [5.74, 6) is 3.62. The van der Waals surface area contributed by atoms with Crippen molar-refractivity contribution >= 4 is 5.90 Å². The Morgan fingerprint density at radius 2 is 1.61 bits per heavy atom. The molecule has 0 spiro atoms. The maximum atomic E-state index is 14.8. The lowest BCUT2D eigenvalue weighted by molar-refractivity contribution is 0.124. The second-order valence-corrected chi connectivity index (χ2v) is 10.8. The average Bonchev–Trinajstić information content (AvgIpc) is 3.12. The predicted molar refractivity (Wildman–Crippen MR) is 125 cm³/mol. The van der Waals surface area contributed by atoms with Crippen LogP contribution in [0.1, 0.15) is 76.3 Å². The van der Waals surface area contributed by atoms with Crippen LogP contribution in [0.2, 0.25) is 0 Å². The molecule has 0 aromatic heterocycles. The van der Waals surface area contributed by atoms with Crippen LogP contribution in [-0.2, 0) is 4.74 Å². The minimum atomic E-state index is -0.286. The molecule has 3 aliphatic rings. The third-order valence-corrected chi connectivity index (χ3v) is 7.76. The van der Waals surface area contributed by atoms with Gasteiger partial charge >= 0.3 is 0 Å². The fourth-order valence-corrected chi connectivity index (χ4v) is 5.96. The Morgan fingerprint density at radius 1 is 0.903 bits per heavy atom. The maximum absolute atomic E-state index is 14.8. The Balaban J connectivity index is 1.30. The molecular formula is C28H34FNO. The smallest absolute Gasteiger partial charge is 0.219 e. The number of fused-ring (bicyclic) bond motifs is 1. The SMILES string of the molecule is CC1CCC2CC(c3ccc(-c4ccc(C5=NC(C)(C)CO5)c(F)c4)cc3)CCC2C1. The van der Waals surface area contributed by atoms with Crippen molar-refractivity contribution in [1.29, 1.82) is 0 Å². The molecule has 0 amide bonds. The first-order chi connectivity index (χ1) is 14.9. The van der Waals surface area contributed by atoms with Crippen LogP contribution in [0.5, 0.6) is 0 Å². The van der Waals surface area contributed by atoms with Crippen molar-refractivity contribution in [2.75, 3.05) is 6.61 Å². The first-order valence-corrected chi connectivity index (χ1v) is 12.0. The minimum Gasteiger partial charge on any atom is -0.475 e. The number of ether oxygens (including phenoxy) is 1. The van der Waals surface area contributed by atoms with Crippen molar-refractivity contribution in [3.63, 3.8) is 0 Å². The van der Waals surface area contributed by atoms with Crippen LogP contribution < -0.4 is 0 Å². The van der Waals surface area contributed by atoms with Crippen molar-refractivity contribution in [2.24, 2.45) is 22.7 Å². The van der Waals surface area contributed by atoms with Crippen LogP contribution in [0.4, 0.5) is 4.39 Å². The van der Waals surface area contributed by atoms with Crippen LogP contribution in [-0.4, -0.2) is 18.0 Å². The van der Waals surface area contributed by atoms with Crippen LogP contribution in [0.15, 0.2) is 47.5 Å². The molecule has 0 bridgehead atoms. The van der Waals surface area contributed by atoms with E-state index in [-0.39, 0.29) is 11.4 Å². The molecule has 1 heterocycles. The topological polar surface area (TPSA) is 21.6 Å². The summed E-state index contributed by atoms with van der Waals surface area (Å²) in [6.07, 6.45) is 8.30. The van der Waals surface area contributed by atoms with Crippen LogP contribution >= 0.6 is 0 Å². The molecule has 0 radical (unpaired) electrons. The first-order valence-electron chi connectivity index (χ1n) is 12.0. The van der Waals surface area contributed by atoms with E-state index in [0.717, 1.165) is 28.9 Å². The molecule has 2 nitrogen and oxygen atoms in total. The number of rotatable bonds is 3. The zero-order chi connectivity index (χ0) is 21.6. The number of hydrogen-bond acceptors (Lipinski definition) is 2. The van der Waals surface area contributed by atoms with E-state index < -0.39 is 0 Å². The summed E-state index contributed by atoms with van der Waals surface area (Å²) in [7, 11) is 0. The molecule has 2 aromatic carbocycles. The standard InChI is InChI=1S/C28H34FNO/c1-18-4-5-23-15-22(11-10-21(23)14-18)19-6-8-20(9-7-19)24-12-13-25(26(29)16-24)27-30-28(2,3)17-31-27/h6-9,12-13,16,18,21-23H,4-5,10-11,14-15,17H2,1-3H3. The Labute approximate surface area is 185 Å². The number of aliphatic imine (C=N–C) groups is 1. The predicted octanol–water partition coefficient (Wildman–Crippen LogP) is 7.37. The van der Waals surface area contributed by atoms with Gasteiger partial charge in [-0.3, -0.25) is 0 Å². The minimum absolute atomic E-state index is 0.275. The van der Waals surface area contributed by atoms with Gasteiger partial charge in [0.05, 0.1) is 11.1 Å². The van der Waals surface area contributed by atoms with Crippen molar-refractivity contribution in [2.45, 2.75) is 70.8 Å². The van der Waals surface area contributed by atoms with Crippen LogP contribution in [0.3, 0.4) is 0 Å². The number of benzene rings is 2. The number of nitrogens with zero attached hydrogens (tertiary/aromatic N) is 1. The molecule has 0 saturated heterocycles. The summed E-state index contributed by atoms with van der Waals surface area (Å²) in [6.45, 7) is 6.91. The summed E-state index contributed by atoms with van der Waals surface area (Å²) in [5, 5.41) is 0. The van der Waals surface area contributed by atoms with E-state index in [4.69, 9.17) is 4.74 Å². The Morgan fingerprint density at radius 3 is 2.32 bits per heavy atom. The maximum Gasteiger partial charge on any atom is 0.219 e. The average molecular weight is 420 g/mol. The fraction of sp³-hybridized carbons (Fsp3) is 0.536. The van der Waals surface area contributed by atoms with Gasteiger partial charge in [0.15, 0.2) is 0 Å². The summed E-state index contributed by atoms with van der Waals surface area (Å²) in [4.78, 5) is 4.50. The van der Waals surface area contributed by atoms with Crippen molar-refractivity contribution in [3.8, 4) is 11.1 Å². The van der Waals surface area contributed by atoms with Crippen LogP contribution in [0.25, 0.3) is 11.1 Å². The molecule has 31 heavy (non-hydrogen) atoms. The normalized spacial score (nSPS) is 29.7. The molecule has 2 fully saturated rings. The highest BCUT2D eigenvalue weighted by Crippen LogP contribution is 2.47. The van der Waals surface area contributed by atoms with Gasteiger partial charge in [0, 0.05) is 0 Å². The monoisotopic (exact) mass is 419 g/mol. The lowest BCUT2D eigenvalue weighted by atomic mass is 9.64. The fourth-order valence-electron chi connectivity index (χ4n) is 5.96. The van der Waals surface area contributed by atoms with Gasteiger partial charge in [0.25, 0.3) is 0 Å². The molecule has 4 atom stereocenters. The van der Waals surface area contributed by atoms with Gasteiger partial charge in [-0.2, -0.15) is 0 Å². The van der Waals surface area contributed by atoms with E-state index in [1.165, 1.54) is 44.1 Å². The second kappa shape index (κ2) is 8.07. The van der Waals surface area contributed by atoms with Crippen LogP contribution in [0, 0.1) is 23.6 Å². The molecular weight excluding hydrogens is 385 g/mol. The Hall–Kier alpha value is -2.16. The largest absolute Gasteiger partial charge is 0.475 e. The van der Waals surface area contributed by atoms with E-state index in [1.807, 2.05) is 19.9 Å². The van der Waals surface area contributed by atoms with E-state index >= 15 is 0 Å². The molecule has 5 rings (SSSR count). The first kappa shape index (κ1) is 20.7. The third kappa shape index (κ3) is 4.29. The third-order valence-electron chi connectivity index (χ3n) is 7.76. The summed E-state index contributed by atoms with van der Waals surface area (Å²) in [6, 6.07) is 14.2. The van der Waals surface area contributed by atoms with Gasteiger partial charge in [-0.05, 0) is 98.4 Å². The van der Waals surface area contributed by atoms with Gasteiger partial charge in [-0.15, -0.1) is 0 Å². The van der Waals surface area contributed by atoms with Gasteiger partial charge in [0.1, 0.15) is 12.4 Å². The van der Waals surface area contributed by atoms with Crippen molar-refractivity contribution < 1.29 is 9.13 Å². The zero-order valence-electron chi connectivity index (χ0n) is 19.0. The quantitative estimate of drug-likeness (QED) is 0.509. The molecule has 3 heteroatoms. The molecule has 2 aromatic rings.